The van der Waals surface area contributed by atoms with Gasteiger partial charge in [-0.25, -0.2) is 0 Å². The molecule has 18 heavy (non-hydrogen) atoms. The molecule has 0 unspecified atom stereocenters. The topological polar surface area (TPSA) is 0 Å². The molecule has 0 atom stereocenters. The van der Waals surface area contributed by atoms with Crippen molar-refractivity contribution in [1.29, 1.82) is 0 Å². The van der Waals surface area contributed by atoms with E-state index in [1.54, 1.807) is 12.1 Å². The Morgan fingerprint density at radius 1 is 1.00 bits per heavy atom. The van der Waals surface area contributed by atoms with E-state index in [1.807, 2.05) is 12.1 Å². The largest absolute Gasteiger partial charge is 0.393 e. The Morgan fingerprint density at radius 2 is 1.56 bits per heavy atom. The number of hydrogen-bond donors (Lipinski definition) is 0. The van der Waals surface area contributed by atoms with E-state index in [0.717, 1.165) is 5.92 Å². The highest BCUT2D eigenvalue weighted by Crippen LogP contribution is 2.35. The lowest BCUT2D eigenvalue weighted by atomic mass is 9.79. The molecule has 1 saturated carbocycles. The van der Waals surface area contributed by atoms with Crippen LogP contribution in [0, 0.1) is 5.92 Å². The highest BCUT2D eigenvalue weighted by Gasteiger charge is 2.27. The van der Waals surface area contributed by atoms with Gasteiger partial charge in [-0.2, -0.15) is 13.2 Å². The van der Waals surface area contributed by atoms with Crippen LogP contribution in [0.1, 0.15) is 49.7 Å². The number of halogens is 3. The third kappa shape index (κ3) is 3.76. The molecule has 1 aliphatic carbocycles. The first-order valence-corrected chi connectivity index (χ1v) is 6.59. The summed E-state index contributed by atoms with van der Waals surface area (Å²) in [6, 6.07) is 7.01. The summed E-state index contributed by atoms with van der Waals surface area (Å²) in [5.41, 5.74) is 1.56. The first-order chi connectivity index (χ1) is 8.44. The second-order valence-corrected chi connectivity index (χ2v) is 5.49. The van der Waals surface area contributed by atoms with Crippen LogP contribution in [-0.2, 0) is 6.42 Å². The second-order valence-electron chi connectivity index (χ2n) is 5.49. The van der Waals surface area contributed by atoms with Crippen molar-refractivity contribution in [3.8, 4) is 0 Å². The molecule has 1 aromatic carbocycles. The number of benzene rings is 1. The van der Waals surface area contributed by atoms with Gasteiger partial charge in [0.05, 0.1) is 6.42 Å². The molecule has 0 N–H and O–H groups in total. The van der Waals surface area contributed by atoms with E-state index in [9.17, 15) is 13.2 Å². The molecule has 0 amide bonds. The van der Waals surface area contributed by atoms with Gasteiger partial charge in [-0.1, -0.05) is 44.0 Å². The van der Waals surface area contributed by atoms with Crippen LogP contribution in [0.3, 0.4) is 0 Å². The predicted molar refractivity (Wildman–Crippen MR) is 66.6 cm³/mol. The van der Waals surface area contributed by atoms with Gasteiger partial charge in [-0.15, -0.1) is 0 Å². The molecule has 0 aliphatic heterocycles. The van der Waals surface area contributed by atoms with Gasteiger partial charge in [0.1, 0.15) is 0 Å². The Labute approximate surface area is 106 Å². The number of alkyl halides is 3. The highest BCUT2D eigenvalue weighted by molar-refractivity contribution is 5.26. The Bertz CT molecular complexity index is 370. The van der Waals surface area contributed by atoms with E-state index in [0.29, 0.717) is 11.5 Å². The van der Waals surface area contributed by atoms with Crippen LogP contribution in [-0.4, -0.2) is 6.18 Å². The van der Waals surface area contributed by atoms with Gasteiger partial charge < -0.3 is 0 Å². The lowest BCUT2D eigenvalue weighted by Gasteiger charge is -2.26. The van der Waals surface area contributed by atoms with Crippen LogP contribution in [0.2, 0.25) is 0 Å². The summed E-state index contributed by atoms with van der Waals surface area (Å²) in [6.07, 6.45) is -0.139. The maximum atomic E-state index is 12.2. The van der Waals surface area contributed by atoms with Crippen molar-refractivity contribution in [2.45, 2.75) is 51.1 Å². The van der Waals surface area contributed by atoms with Crippen LogP contribution in [0.4, 0.5) is 13.2 Å². The Kier molecular flexibility index (Phi) is 3.98. The van der Waals surface area contributed by atoms with Gasteiger partial charge in [-0.05, 0) is 35.8 Å². The quantitative estimate of drug-likeness (QED) is 0.691. The summed E-state index contributed by atoms with van der Waals surface area (Å²) in [6.45, 7) is 2.27. The zero-order chi connectivity index (χ0) is 13.2. The predicted octanol–water partition coefficient (Wildman–Crippen LogP) is 5.09. The molecular weight excluding hydrogens is 237 g/mol. The highest BCUT2D eigenvalue weighted by atomic mass is 19.4. The second kappa shape index (κ2) is 5.33. The molecule has 1 fully saturated rings. The molecule has 3 heteroatoms. The molecule has 0 nitrogen and oxygen atoms in total. The molecule has 2 rings (SSSR count). The average molecular weight is 256 g/mol. The molecule has 0 saturated heterocycles. The summed E-state index contributed by atoms with van der Waals surface area (Å²) < 4.78 is 36.7. The minimum atomic E-state index is -4.11. The van der Waals surface area contributed by atoms with Crippen molar-refractivity contribution in [2.24, 2.45) is 5.92 Å². The number of rotatable bonds is 2. The fraction of sp³-hybridized carbons (Fsp3) is 0.600. The summed E-state index contributed by atoms with van der Waals surface area (Å²) in [5.74, 6) is 1.34. The van der Waals surface area contributed by atoms with Gasteiger partial charge >= 0.3 is 6.18 Å². The van der Waals surface area contributed by atoms with Crippen molar-refractivity contribution >= 4 is 0 Å². The minimum absolute atomic E-state index is 0.357. The van der Waals surface area contributed by atoms with Crippen LogP contribution >= 0.6 is 0 Å². The van der Waals surface area contributed by atoms with Crippen LogP contribution in [0.5, 0.6) is 0 Å². The van der Waals surface area contributed by atoms with E-state index >= 15 is 0 Å². The van der Waals surface area contributed by atoms with E-state index in [1.165, 1.54) is 31.2 Å². The SMILES string of the molecule is CC1CCC(c2ccc(CC(F)(F)F)cc2)CC1. The fourth-order valence-corrected chi connectivity index (χ4v) is 2.73. The van der Waals surface area contributed by atoms with E-state index in [-0.39, 0.29) is 0 Å². The molecule has 0 bridgehead atoms. The first kappa shape index (κ1) is 13.4. The zero-order valence-corrected chi connectivity index (χ0v) is 10.6. The molecule has 100 valence electrons. The van der Waals surface area contributed by atoms with Crippen LogP contribution in [0.25, 0.3) is 0 Å². The fourth-order valence-electron chi connectivity index (χ4n) is 2.73. The maximum absolute atomic E-state index is 12.2. The van der Waals surface area contributed by atoms with Crippen molar-refractivity contribution < 1.29 is 13.2 Å². The van der Waals surface area contributed by atoms with Gasteiger partial charge in [0.25, 0.3) is 0 Å². The minimum Gasteiger partial charge on any atom is -0.171 e. The summed E-state index contributed by atoms with van der Waals surface area (Å²) >= 11 is 0. The van der Waals surface area contributed by atoms with Crippen molar-refractivity contribution in [1.82, 2.24) is 0 Å². The molecule has 0 heterocycles. The smallest absolute Gasteiger partial charge is 0.171 e. The Balaban J connectivity index is 1.99. The van der Waals surface area contributed by atoms with Crippen LogP contribution < -0.4 is 0 Å². The van der Waals surface area contributed by atoms with Crippen molar-refractivity contribution in [2.75, 3.05) is 0 Å². The lowest BCUT2D eigenvalue weighted by molar-refractivity contribution is -0.127. The third-order valence-electron chi connectivity index (χ3n) is 3.87. The molecule has 0 aromatic heterocycles. The van der Waals surface area contributed by atoms with Gasteiger partial charge in [0.2, 0.25) is 0 Å². The van der Waals surface area contributed by atoms with E-state index in [2.05, 4.69) is 6.92 Å². The van der Waals surface area contributed by atoms with Crippen molar-refractivity contribution in [3.63, 3.8) is 0 Å². The average Bonchev–Trinajstić information content (AvgIpc) is 2.29. The Hall–Kier alpha value is -0.990. The normalized spacial score (nSPS) is 25.1. The molecule has 0 radical (unpaired) electrons. The van der Waals surface area contributed by atoms with E-state index in [4.69, 9.17) is 0 Å². The molecule has 1 aromatic rings. The molecule has 1 aliphatic rings. The monoisotopic (exact) mass is 256 g/mol. The molecular formula is C15H19F3. The van der Waals surface area contributed by atoms with Crippen molar-refractivity contribution in [3.05, 3.63) is 35.4 Å². The maximum Gasteiger partial charge on any atom is 0.393 e. The summed E-state index contributed by atoms with van der Waals surface area (Å²) in [5, 5.41) is 0. The zero-order valence-electron chi connectivity index (χ0n) is 10.6. The van der Waals surface area contributed by atoms with Gasteiger partial charge in [0, 0.05) is 0 Å². The van der Waals surface area contributed by atoms with Gasteiger partial charge in [0.15, 0.2) is 0 Å². The first-order valence-electron chi connectivity index (χ1n) is 6.59. The van der Waals surface area contributed by atoms with Gasteiger partial charge in [-0.3, -0.25) is 0 Å². The lowest BCUT2D eigenvalue weighted by Crippen LogP contribution is -2.12. The van der Waals surface area contributed by atoms with Crippen LogP contribution in [0.15, 0.2) is 24.3 Å². The Morgan fingerprint density at radius 3 is 2.06 bits per heavy atom. The number of hydrogen-bond acceptors (Lipinski definition) is 0. The summed E-state index contributed by atoms with van der Waals surface area (Å²) in [4.78, 5) is 0. The standard InChI is InChI=1S/C15H19F3/c1-11-2-6-13(7-3-11)14-8-4-12(5-9-14)10-15(16,17)18/h4-5,8-9,11,13H,2-3,6-7,10H2,1H3. The summed E-state index contributed by atoms with van der Waals surface area (Å²) in [7, 11) is 0. The van der Waals surface area contributed by atoms with E-state index < -0.39 is 12.6 Å². The third-order valence-corrected chi connectivity index (χ3v) is 3.87. The molecule has 0 spiro atoms.